The molecular weight excluding hydrogens is 408 g/mol. The third-order valence-corrected chi connectivity index (χ3v) is 5.54. The number of para-hydroxylation sites is 1. The zero-order valence-electron chi connectivity index (χ0n) is 15.6. The third kappa shape index (κ3) is 3.44. The van der Waals surface area contributed by atoms with Crippen LogP contribution in [0.5, 0.6) is 5.75 Å². The third-order valence-electron chi connectivity index (χ3n) is 4.62. The van der Waals surface area contributed by atoms with E-state index in [0.29, 0.717) is 10.6 Å². The van der Waals surface area contributed by atoms with E-state index < -0.39 is 23.0 Å². The Morgan fingerprint density at radius 2 is 1.97 bits per heavy atom. The molecule has 0 atom stereocenters. The van der Waals surface area contributed by atoms with Crippen LogP contribution in [0.4, 0.5) is 5.69 Å². The Morgan fingerprint density at radius 1 is 1.20 bits per heavy atom. The lowest BCUT2D eigenvalue weighted by Gasteiger charge is -2.08. The lowest BCUT2D eigenvalue weighted by atomic mass is 10.1. The van der Waals surface area contributed by atoms with Gasteiger partial charge in [-0.2, -0.15) is 0 Å². The van der Waals surface area contributed by atoms with Crippen LogP contribution in [0.25, 0.3) is 21.6 Å². The van der Waals surface area contributed by atoms with Gasteiger partial charge in [0.05, 0.1) is 17.0 Å². The summed E-state index contributed by atoms with van der Waals surface area (Å²) < 4.78 is 0. The molecular formula is C20H16N4O5S. The van der Waals surface area contributed by atoms with Gasteiger partial charge in [0.1, 0.15) is 0 Å². The maximum absolute atomic E-state index is 12.7. The first-order valence-electron chi connectivity index (χ1n) is 8.85. The molecule has 0 saturated heterocycles. The van der Waals surface area contributed by atoms with Gasteiger partial charge in [-0.25, -0.2) is 9.78 Å². The highest BCUT2D eigenvalue weighted by Crippen LogP contribution is 2.32. The maximum atomic E-state index is 12.7. The number of hydrogen-bond donors (Lipinski definition) is 5. The van der Waals surface area contributed by atoms with E-state index in [4.69, 9.17) is 5.11 Å². The predicted molar refractivity (Wildman–Crippen MR) is 112 cm³/mol. The smallest absolute Gasteiger partial charge is 0.358 e. The van der Waals surface area contributed by atoms with Crippen molar-refractivity contribution in [2.24, 2.45) is 0 Å². The fourth-order valence-corrected chi connectivity index (χ4v) is 4.03. The molecule has 0 aliphatic carbocycles. The number of aromatic nitrogens is 3. The minimum atomic E-state index is -1.53. The molecule has 0 bridgehead atoms. The maximum Gasteiger partial charge on any atom is 0.358 e. The number of carbonyl (C=O) groups is 2. The second-order valence-electron chi connectivity index (χ2n) is 6.58. The van der Waals surface area contributed by atoms with Crippen LogP contribution in [0.15, 0.2) is 40.5 Å². The van der Waals surface area contributed by atoms with Crippen molar-refractivity contribution in [3.63, 3.8) is 0 Å². The van der Waals surface area contributed by atoms with Crippen molar-refractivity contribution >= 4 is 39.8 Å². The van der Waals surface area contributed by atoms with Crippen molar-refractivity contribution < 1.29 is 19.8 Å². The van der Waals surface area contributed by atoms with Crippen LogP contribution >= 0.6 is 11.3 Å². The van der Waals surface area contributed by atoms with Gasteiger partial charge in [0.2, 0.25) is 11.7 Å². The van der Waals surface area contributed by atoms with Crippen molar-refractivity contribution in [1.82, 2.24) is 15.0 Å². The standard InChI is InChI=1S/C20H16N4O5S/c1-9-11(10-4-2-3-5-12(10)21-9)8-14(25)22-13-6-7-30-17(13)18-23-15(20(28)29)16(26)19(27)24-18/h2-7,21,26H,8H2,1H3,(H,22,25)(H,28,29)(H,23,24,27). The van der Waals surface area contributed by atoms with E-state index in [2.05, 4.69) is 20.3 Å². The Kier molecular flexibility index (Phi) is 4.84. The number of fused-ring (bicyclic) bond motifs is 1. The van der Waals surface area contributed by atoms with Crippen molar-refractivity contribution in [3.8, 4) is 16.5 Å². The zero-order valence-corrected chi connectivity index (χ0v) is 16.5. The van der Waals surface area contributed by atoms with Gasteiger partial charge in [-0.3, -0.25) is 9.59 Å². The van der Waals surface area contributed by atoms with Crippen molar-refractivity contribution in [1.29, 1.82) is 0 Å². The van der Waals surface area contributed by atoms with Crippen molar-refractivity contribution in [2.75, 3.05) is 5.32 Å². The van der Waals surface area contributed by atoms with E-state index in [1.807, 2.05) is 31.2 Å². The number of nitrogens with one attached hydrogen (secondary N) is 3. The molecule has 3 heterocycles. The van der Waals surface area contributed by atoms with Crippen LogP contribution < -0.4 is 10.9 Å². The summed E-state index contributed by atoms with van der Waals surface area (Å²) in [5.74, 6) is -2.83. The second-order valence-corrected chi connectivity index (χ2v) is 7.50. The average molecular weight is 424 g/mol. The van der Waals surface area contributed by atoms with Crippen LogP contribution in [0.3, 0.4) is 0 Å². The largest absolute Gasteiger partial charge is 0.501 e. The molecule has 0 unspecified atom stereocenters. The molecule has 152 valence electrons. The molecule has 3 aromatic heterocycles. The van der Waals surface area contributed by atoms with Gasteiger partial charge in [0.15, 0.2) is 11.5 Å². The molecule has 9 nitrogen and oxygen atoms in total. The van der Waals surface area contributed by atoms with Crippen LogP contribution in [0.2, 0.25) is 0 Å². The number of carboxylic acids is 1. The van der Waals surface area contributed by atoms with Crippen LogP contribution in [-0.2, 0) is 11.2 Å². The highest BCUT2D eigenvalue weighted by Gasteiger charge is 2.20. The number of carboxylic acid groups (broad SMARTS) is 1. The number of nitrogens with zero attached hydrogens (tertiary/aromatic N) is 1. The lowest BCUT2D eigenvalue weighted by Crippen LogP contribution is -2.17. The summed E-state index contributed by atoms with van der Waals surface area (Å²) in [6.07, 6.45) is 0.130. The molecule has 0 radical (unpaired) electrons. The fraction of sp³-hybridized carbons (Fsp3) is 0.100. The molecule has 1 amide bonds. The Labute approximate surface area is 173 Å². The summed E-state index contributed by atoms with van der Waals surface area (Å²) >= 11 is 1.17. The van der Waals surface area contributed by atoms with E-state index in [0.717, 1.165) is 22.2 Å². The summed E-state index contributed by atoms with van der Waals surface area (Å²) in [5.41, 5.74) is 1.37. The molecule has 4 rings (SSSR count). The number of H-pyrrole nitrogens is 2. The molecule has 5 N–H and O–H groups in total. The Balaban J connectivity index is 1.63. The molecule has 0 spiro atoms. The number of rotatable bonds is 5. The number of carbonyl (C=O) groups excluding carboxylic acids is 1. The molecule has 0 fully saturated rings. The molecule has 0 saturated carbocycles. The first-order valence-corrected chi connectivity index (χ1v) is 9.73. The van der Waals surface area contributed by atoms with Crippen LogP contribution in [-0.4, -0.2) is 37.0 Å². The van der Waals surface area contributed by atoms with E-state index in [-0.39, 0.29) is 18.2 Å². The van der Waals surface area contributed by atoms with Gasteiger partial charge < -0.3 is 25.5 Å². The fourth-order valence-electron chi connectivity index (χ4n) is 3.23. The van der Waals surface area contributed by atoms with E-state index >= 15 is 0 Å². The Hall–Kier alpha value is -3.92. The quantitative estimate of drug-likeness (QED) is 0.333. The summed E-state index contributed by atoms with van der Waals surface area (Å²) in [4.78, 5) is 45.6. The van der Waals surface area contributed by atoms with Gasteiger partial charge in [0.25, 0.3) is 5.56 Å². The number of hydrogen-bond acceptors (Lipinski definition) is 6. The predicted octanol–water partition coefficient (Wildman–Crippen LogP) is 2.87. The highest BCUT2D eigenvalue weighted by atomic mass is 32.1. The minimum Gasteiger partial charge on any atom is -0.501 e. The van der Waals surface area contributed by atoms with Crippen molar-refractivity contribution in [2.45, 2.75) is 13.3 Å². The first kappa shape index (κ1) is 19.4. The van der Waals surface area contributed by atoms with Crippen LogP contribution in [0.1, 0.15) is 21.7 Å². The summed E-state index contributed by atoms with van der Waals surface area (Å²) in [5, 5.41) is 24.2. The van der Waals surface area contributed by atoms with Gasteiger partial charge in [-0.05, 0) is 30.0 Å². The van der Waals surface area contributed by atoms with Gasteiger partial charge in [-0.15, -0.1) is 11.3 Å². The monoisotopic (exact) mass is 424 g/mol. The number of amides is 1. The van der Waals surface area contributed by atoms with Crippen LogP contribution in [0, 0.1) is 6.92 Å². The van der Waals surface area contributed by atoms with E-state index in [1.165, 1.54) is 11.3 Å². The highest BCUT2D eigenvalue weighted by molar-refractivity contribution is 7.14. The normalized spacial score (nSPS) is 11.0. The number of benzene rings is 1. The zero-order chi connectivity index (χ0) is 21.4. The van der Waals surface area contributed by atoms with Gasteiger partial charge >= 0.3 is 5.97 Å². The molecule has 0 aliphatic rings. The van der Waals surface area contributed by atoms with Crippen molar-refractivity contribution in [3.05, 3.63) is 63.0 Å². The summed E-state index contributed by atoms with van der Waals surface area (Å²) in [6, 6.07) is 9.33. The number of anilines is 1. The molecule has 0 aliphatic heterocycles. The number of aromatic carboxylic acids is 1. The molecule has 10 heteroatoms. The summed E-state index contributed by atoms with van der Waals surface area (Å²) in [7, 11) is 0. The number of thiophene rings is 1. The van der Waals surface area contributed by atoms with Gasteiger partial charge in [0, 0.05) is 16.6 Å². The first-order chi connectivity index (χ1) is 14.3. The Bertz CT molecular complexity index is 1350. The van der Waals surface area contributed by atoms with Gasteiger partial charge in [-0.1, -0.05) is 18.2 Å². The Morgan fingerprint density at radius 3 is 2.73 bits per heavy atom. The molecule has 1 aromatic carbocycles. The molecule has 30 heavy (non-hydrogen) atoms. The van der Waals surface area contributed by atoms with E-state index in [1.54, 1.807) is 11.4 Å². The number of aromatic amines is 2. The summed E-state index contributed by atoms with van der Waals surface area (Å²) in [6.45, 7) is 1.90. The lowest BCUT2D eigenvalue weighted by molar-refractivity contribution is -0.115. The number of aryl methyl sites for hydroxylation is 1. The second kappa shape index (κ2) is 7.48. The average Bonchev–Trinajstić information content (AvgIpc) is 3.28. The SMILES string of the molecule is Cc1[nH]c2ccccc2c1CC(=O)Nc1ccsc1-c1nc(C(=O)O)c(O)c(=O)[nH]1. The number of aromatic hydroxyl groups is 1. The minimum absolute atomic E-state index is 0.0521. The van der Waals surface area contributed by atoms with E-state index in [9.17, 15) is 19.5 Å². The topological polar surface area (TPSA) is 148 Å². The molecule has 4 aromatic rings.